The van der Waals surface area contributed by atoms with Gasteiger partial charge in [-0.3, -0.25) is 4.79 Å². The molecule has 3 rings (SSSR count). The number of pyridine rings is 1. The second kappa shape index (κ2) is 5.19. The normalized spacial score (nSPS) is 23.2. The molecule has 1 N–H and O–H groups in total. The van der Waals surface area contributed by atoms with Gasteiger partial charge in [-0.25, -0.2) is 4.98 Å². The number of hydrogen-bond acceptors (Lipinski definition) is 3. The van der Waals surface area contributed by atoms with Crippen LogP contribution in [0.2, 0.25) is 0 Å². The van der Waals surface area contributed by atoms with Crippen molar-refractivity contribution in [2.75, 3.05) is 18.4 Å². The van der Waals surface area contributed by atoms with Gasteiger partial charge in [0.2, 0.25) is 0 Å². The van der Waals surface area contributed by atoms with E-state index in [1.807, 2.05) is 23.1 Å². The minimum atomic E-state index is 0.0750. The van der Waals surface area contributed by atoms with Crippen LogP contribution < -0.4 is 5.32 Å². The number of likely N-dealkylation sites (tertiary alicyclic amines) is 1. The highest BCUT2D eigenvalue weighted by Crippen LogP contribution is 2.24. The lowest BCUT2D eigenvalue weighted by molar-refractivity contribution is 0.0677. The Morgan fingerprint density at radius 1 is 1.37 bits per heavy atom. The molecule has 102 valence electrons. The summed E-state index contributed by atoms with van der Waals surface area (Å²) in [6.07, 6.45) is 4.75. The average molecular weight is 259 g/mol. The Hall–Kier alpha value is -1.58. The Balaban J connectivity index is 1.71. The van der Waals surface area contributed by atoms with E-state index in [4.69, 9.17) is 0 Å². The Morgan fingerprint density at radius 2 is 2.21 bits per heavy atom. The van der Waals surface area contributed by atoms with Gasteiger partial charge >= 0.3 is 0 Å². The number of carbonyl (C=O) groups excluding carboxylic acids is 1. The summed E-state index contributed by atoms with van der Waals surface area (Å²) in [4.78, 5) is 18.8. The molecule has 0 spiro atoms. The Labute approximate surface area is 114 Å². The zero-order valence-electron chi connectivity index (χ0n) is 11.4. The molecule has 1 aliphatic heterocycles. The first-order valence-corrected chi connectivity index (χ1v) is 7.25. The van der Waals surface area contributed by atoms with Crippen LogP contribution in [0.3, 0.4) is 0 Å². The molecule has 0 aromatic carbocycles. The van der Waals surface area contributed by atoms with Crippen LogP contribution in [0.1, 0.15) is 43.1 Å². The van der Waals surface area contributed by atoms with Crippen LogP contribution in [0, 0.1) is 5.92 Å². The van der Waals surface area contributed by atoms with Gasteiger partial charge in [0, 0.05) is 19.1 Å². The maximum Gasteiger partial charge on any atom is 0.272 e. The zero-order valence-corrected chi connectivity index (χ0v) is 11.4. The maximum absolute atomic E-state index is 12.4. The first-order valence-electron chi connectivity index (χ1n) is 7.25. The highest BCUT2D eigenvalue weighted by molar-refractivity contribution is 5.92. The third-order valence-electron chi connectivity index (χ3n) is 3.84. The summed E-state index contributed by atoms with van der Waals surface area (Å²) in [5, 5.41) is 3.34. The van der Waals surface area contributed by atoms with Gasteiger partial charge in [0.15, 0.2) is 0 Å². The van der Waals surface area contributed by atoms with Crippen molar-refractivity contribution in [3.63, 3.8) is 0 Å². The van der Waals surface area contributed by atoms with Crippen LogP contribution in [0.25, 0.3) is 0 Å². The van der Waals surface area contributed by atoms with Crippen LogP contribution in [-0.2, 0) is 0 Å². The highest BCUT2D eigenvalue weighted by Gasteiger charge is 2.24. The molecule has 4 heteroatoms. The second-order valence-electron chi connectivity index (χ2n) is 5.83. The van der Waals surface area contributed by atoms with E-state index in [1.165, 1.54) is 19.3 Å². The predicted octanol–water partition coefficient (Wildman–Crippen LogP) is 2.53. The number of aromatic nitrogens is 1. The molecule has 4 nitrogen and oxygen atoms in total. The molecule has 1 aromatic rings. The minimum Gasteiger partial charge on any atom is -0.367 e. The van der Waals surface area contributed by atoms with E-state index >= 15 is 0 Å². The van der Waals surface area contributed by atoms with E-state index in [-0.39, 0.29) is 5.91 Å². The second-order valence-corrected chi connectivity index (χ2v) is 5.83. The monoisotopic (exact) mass is 259 g/mol. The summed E-state index contributed by atoms with van der Waals surface area (Å²) in [6, 6.07) is 6.24. The van der Waals surface area contributed by atoms with Gasteiger partial charge < -0.3 is 10.2 Å². The topological polar surface area (TPSA) is 45.2 Å². The standard InChI is InChI=1S/C15H21N3O/c1-11-4-3-9-18(10-11)15(19)13-5-2-6-14(17-13)16-12-7-8-12/h2,5-6,11-12H,3-4,7-10H2,1H3,(H,16,17). The van der Waals surface area contributed by atoms with E-state index in [1.54, 1.807) is 0 Å². The van der Waals surface area contributed by atoms with Crippen molar-refractivity contribution in [2.24, 2.45) is 5.92 Å². The summed E-state index contributed by atoms with van der Waals surface area (Å²) in [6.45, 7) is 3.93. The molecule has 1 aromatic heterocycles. The predicted molar refractivity (Wildman–Crippen MR) is 75.2 cm³/mol. The lowest BCUT2D eigenvalue weighted by Crippen LogP contribution is -2.39. The molecule has 2 fully saturated rings. The number of rotatable bonds is 3. The van der Waals surface area contributed by atoms with Crippen molar-refractivity contribution in [3.05, 3.63) is 23.9 Å². The fourth-order valence-electron chi connectivity index (χ4n) is 2.61. The van der Waals surface area contributed by atoms with Crippen LogP contribution in [0.5, 0.6) is 0 Å². The molecule has 0 bridgehead atoms. The summed E-state index contributed by atoms with van der Waals surface area (Å²) in [7, 11) is 0. The van der Waals surface area contributed by atoms with Gasteiger partial charge in [-0.2, -0.15) is 0 Å². The Bertz CT molecular complexity index is 470. The van der Waals surface area contributed by atoms with Crippen molar-refractivity contribution in [2.45, 2.75) is 38.6 Å². The maximum atomic E-state index is 12.4. The lowest BCUT2D eigenvalue weighted by Gasteiger charge is -2.30. The van der Waals surface area contributed by atoms with E-state index in [0.29, 0.717) is 17.7 Å². The van der Waals surface area contributed by atoms with Gasteiger partial charge in [-0.05, 0) is 43.7 Å². The van der Waals surface area contributed by atoms with E-state index in [9.17, 15) is 4.79 Å². The molecule has 1 saturated carbocycles. The molecule has 1 unspecified atom stereocenters. The van der Waals surface area contributed by atoms with Gasteiger partial charge in [-0.1, -0.05) is 13.0 Å². The zero-order chi connectivity index (χ0) is 13.2. The third-order valence-corrected chi connectivity index (χ3v) is 3.84. The number of nitrogens with one attached hydrogen (secondary N) is 1. The summed E-state index contributed by atoms with van der Waals surface area (Å²) in [5.74, 6) is 1.51. The van der Waals surface area contributed by atoms with Gasteiger partial charge in [-0.15, -0.1) is 0 Å². The molecular weight excluding hydrogens is 238 g/mol. The average Bonchev–Trinajstić information content (AvgIpc) is 3.22. The molecule has 19 heavy (non-hydrogen) atoms. The quantitative estimate of drug-likeness (QED) is 0.907. The molecule has 1 amide bonds. The first kappa shape index (κ1) is 12.5. The smallest absolute Gasteiger partial charge is 0.272 e. The van der Waals surface area contributed by atoms with Crippen molar-refractivity contribution < 1.29 is 4.79 Å². The van der Waals surface area contributed by atoms with Crippen LogP contribution in [0.15, 0.2) is 18.2 Å². The Kier molecular flexibility index (Phi) is 3.40. The minimum absolute atomic E-state index is 0.0750. The molecule has 1 atom stereocenters. The molecule has 0 radical (unpaired) electrons. The first-order chi connectivity index (χ1) is 9.22. The van der Waals surface area contributed by atoms with Crippen molar-refractivity contribution in [1.29, 1.82) is 0 Å². The largest absolute Gasteiger partial charge is 0.367 e. The van der Waals surface area contributed by atoms with Gasteiger partial charge in [0.1, 0.15) is 11.5 Å². The van der Waals surface area contributed by atoms with Crippen molar-refractivity contribution in [3.8, 4) is 0 Å². The highest BCUT2D eigenvalue weighted by atomic mass is 16.2. The number of anilines is 1. The van der Waals surface area contributed by atoms with Crippen molar-refractivity contribution in [1.82, 2.24) is 9.88 Å². The summed E-state index contributed by atoms with van der Waals surface area (Å²) >= 11 is 0. The fraction of sp³-hybridized carbons (Fsp3) is 0.600. The summed E-state index contributed by atoms with van der Waals surface area (Å²) < 4.78 is 0. The number of hydrogen-bond donors (Lipinski definition) is 1. The molecule has 2 aliphatic rings. The van der Waals surface area contributed by atoms with Crippen LogP contribution in [-0.4, -0.2) is 34.9 Å². The number of nitrogens with zero attached hydrogens (tertiary/aromatic N) is 2. The van der Waals surface area contributed by atoms with Gasteiger partial charge in [0.05, 0.1) is 0 Å². The molecule has 1 saturated heterocycles. The molecule has 1 aliphatic carbocycles. The van der Waals surface area contributed by atoms with E-state index < -0.39 is 0 Å². The number of piperidine rings is 1. The number of amides is 1. The summed E-state index contributed by atoms with van der Waals surface area (Å²) in [5.41, 5.74) is 0.569. The van der Waals surface area contributed by atoms with Crippen LogP contribution >= 0.6 is 0 Å². The van der Waals surface area contributed by atoms with E-state index in [2.05, 4.69) is 17.2 Å². The van der Waals surface area contributed by atoms with E-state index in [0.717, 1.165) is 25.3 Å². The molecule has 2 heterocycles. The van der Waals surface area contributed by atoms with Crippen molar-refractivity contribution >= 4 is 11.7 Å². The lowest BCUT2D eigenvalue weighted by atomic mass is 10.00. The number of carbonyl (C=O) groups is 1. The SMILES string of the molecule is CC1CCCN(C(=O)c2cccc(NC3CC3)n2)C1. The van der Waals surface area contributed by atoms with Gasteiger partial charge in [0.25, 0.3) is 5.91 Å². The Morgan fingerprint density at radius 3 is 2.95 bits per heavy atom. The fourth-order valence-corrected chi connectivity index (χ4v) is 2.61. The van der Waals surface area contributed by atoms with Crippen LogP contribution in [0.4, 0.5) is 5.82 Å². The molecular formula is C15H21N3O. The third kappa shape index (κ3) is 3.06.